The average molecular weight is 450 g/mol. The van der Waals surface area contributed by atoms with Crippen LogP contribution in [0.2, 0.25) is 0 Å². The Morgan fingerprint density at radius 2 is 1.45 bits per heavy atom. The van der Waals surface area contributed by atoms with Gasteiger partial charge >= 0.3 is 0 Å². The number of benzene rings is 2. The van der Waals surface area contributed by atoms with Crippen molar-refractivity contribution in [3.8, 4) is 0 Å². The maximum atomic E-state index is 13.1. The van der Waals surface area contributed by atoms with Crippen LogP contribution in [0.5, 0.6) is 0 Å². The van der Waals surface area contributed by atoms with E-state index >= 15 is 0 Å². The van der Waals surface area contributed by atoms with Crippen LogP contribution < -0.4 is 0 Å². The van der Waals surface area contributed by atoms with Gasteiger partial charge < -0.3 is 14.7 Å². The number of fused-ring (bicyclic) bond motifs is 1. The summed E-state index contributed by atoms with van der Waals surface area (Å²) in [6.07, 6.45) is 2.89. The van der Waals surface area contributed by atoms with Gasteiger partial charge in [0.15, 0.2) is 0 Å². The zero-order valence-corrected chi connectivity index (χ0v) is 18.6. The van der Waals surface area contributed by atoms with Gasteiger partial charge in [0, 0.05) is 55.8 Å². The number of nitrogens with zero attached hydrogens (tertiary/aromatic N) is 3. The van der Waals surface area contributed by atoms with Crippen LogP contribution in [0.25, 0.3) is 0 Å². The van der Waals surface area contributed by atoms with Crippen LogP contribution >= 0.6 is 0 Å². The van der Waals surface area contributed by atoms with Crippen LogP contribution in [0.15, 0.2) is 48.5 Å². The fourth-order valence-corrected chi connectivity index (χ4v) is 5.33. The summed E-state index contributed by atoms with van der Waals surface area (Å²) < 4.78 is 13.1. The Bertz CT molecular complexity index is 1050. The molecule has 2 saturated heterocycles. The molecule has 2 fully saturated rings. The van der Waals surface area contributed by atoms with Crippen LogP contribution in [0.1, 0.15) is 52.0 Å². The van der Waals surface area contributed by atoms with Crippen LogP contribution in [0, 0.1) is 11.7 Å². The lowest BCUT2D eigenvalue weighted by Gasteiger charge is -2.39. The van der Waals surface area contributed by atoms with Crippen molar-refractivity contribution in [2.75, 3.05) is 26.2 Å². The lowest BCUT2D eigenvalue weighted by Crippen LogP contribution is -2.50. The van der Waals surface area contributed by atoms with Crippen LogP contribution in [-0.4, -0.2) is 64.6 Å². The monoisotopic (exact) mass is 449 g/mol. The highest BCUT2D eigenvalue weighted by Crippen LogP contribution is 2.29. The molecule has 3 aliphatic rings. The molecule has 7 heteroatoms. The molecule has 6 nitrogen and oxygen atoms in total. The molecule has 0 saturated carbocycles. The average Bonchev–Trinajstić information content (AvgIpc) is 3.20. The smallest absolute Gasteiger partial charge is 0.254 e. The predicted molar refractivity (Wildman–Crippen MR) is 121 cm³/mol. The van der Waals surface area contributed by atoms with Gasteiger partial charge in [-0.05, 0) is 61.6 Å². The second kappa shape index (κ2) is 8.96. The normalized spacial score (nSPS) is 19.7. The molecule has 3 amide bonds. The number of hydrogen-bond acceptors (Lipinski definition) is 3. The summed E-state index contributed by atoms with van der Waals surface area (Å²) in [5.41, 5.74) is 2.36. The lowest BCUT2D eigenvalue weighted by atomic mass is 9.93. The van der Waals surface area contributed by atoms with Crippen molar-refractivity contribution in [2.24, 2.45) is 5.92 Å². The van der Waals surface area contributed by atoms with E-state index in [9.17, 15) is 18.8 Å². The molecule has 172 valence electrons. The van der Waals surface area contributed by atoms with Crippen molar-refractivity contribution in [3.63, 3.8) is 0 Å². The van der Waals surface area contributed by atoms with Crippen LogP contribution in [-0.2, 0) is 11.3 Å². The summed E-state index contributed by atoms with van der Waals surface area (Å²) in [5, 5.41) is 0. The van der Waals surface area contributed by atoms with Gasteiger partial charge in [-0.2, -0.15) is 0 Å². The summed E-state index contributed by atoms with van der Waals surface area (Å²) in [6.45, 7) is 3.05. The number of likely N-dealkylation sites (tertiary alicyclic amines) is 2. The lowest BCUT2D eigenvalue weighted by molar-refractivity contribution is -0.138. The molecule has 0 N–H and O–H groups in total. The number of halogens is 1. The summed E-state index contributed by atoms with van der Waals surface area (Å²) in [5.74, 6) is -0.278. The summed E-state index contributed by atoms with van der Waals surface area (Å²) in [6, 6.07) is 13.5. The van der Waals surface area contributed by atoms with E-state index in [1.807, 2.05) is 34.1 Å². The first-order valence-electron chi connectivity index (χ1n) is 11.7. The van der Waals surface area contributed by atoms with E-state index < -0.39 is 0 Å². The van der Waals surface area contributed by atoms with E-state index in [-0.39, 0.29) is 35.5 Å². The molecule has 0 atom stereocenters. The fourth-order valence-electron chi connectivity index (χ4n) is 5.33. The second-order valence-electron chi connectivity index (χ2n) is 9.22. The Labute approximate surface area is 193 Å². The summed E-state index contributed by atoms with van der Waals surface area (Å²) >= 11 is 0. The van der Waals surface area contributed by atoms with Crippen molar-refractivity contribution < 1.29 is 18.8 Å². The molecule has 3 heterocycles. The van der Waals surface area contributed by atoms with Crippen molar-refractivity contribution in [2.45, 2.75) is 38.3 Å². The minimum Gasteiger partial charge on any atom is -0.342 e. The van der Waals surface area contributed by atoms with E-state index in [0.29, 0.717) is 51.1 Å². The van der Waals surface area contributed by atoms with Crippen molar-refractivity contribution >= 4 is 17.7 Å². The third-order valence-corrected chi connectivity index (χ3v) is 7.29. The minimum atomic E-state index is -0.363. The van der Waals surface area contributed by atoms with Crippen molar-refractivity contribution in [3.05, 3.63) is 71.0 Å². The molecule has 3 aliphatic heterocycles. The van der Waals surface area contributed by atoms with Gasteiger partial charge in [-0.25, -0.2) is 4.39 Å². The maximum Gasteiger partial charge on any atom is 0.254 e. The second-order valence-corrected chi connectivity index (χ2v) is 9.22. The first kappa shape index (κ1) is 21.6. The van der Waals surface area contributed by atoms with Gasteiger partial charge in [0.05, 0.1) is 0 Å². The quantitative estimate of drug-likeness (QED) is 0.722. The molecule has 0 aliphatic carbocycles. The third-order valence-electron chi connectivity index (χ3n) is 7.29. The molecular formula is C26H28FN3O3. The van der Waals surface area contributed by atoms with Gasteiger partial charge in [0.1, 0.15) is 5.82 Å². The van der Waals surface area contributed by atoms with E-state index in [2.05, 4.69) is 0 Å². The van der Waals surface area contributed by atoms with Gasteiger partial charge in [0.2, 0.25) is 5.91 Å². The number of carbonyl (C=O) groups excluding carboxylic acids is 3. The Kier molecular flexibility index (Phi) is 5.87. The van der Waals surface area contributed by atoms with E-state index in [1.54, 1.807) is 4.90 Å². The van der Waals surface area contributed by atoms with Gasteiger partial charge in [-0.15, -0.1) is 0 Å². The number of hydrogen-bond donors (Lipinski definition) is 0. The molecule has 0 unspecified atom stereocenters. The van der Waals surface area contributed by atoms with E-state index in [4.69, 9.17) is 0 Å². The van der Waals surface area contributed by atoms with Gasteiger partial charge in [-0.1, -0.05) is 18.2 Å². The minimum absolute atomic E-state index is 0.0727. The number of piperidine rings is 2. The third kappa shape index (κ3) is 4.24. The fraction of sp³-hybridized carbons (Fsp3) is 0.423. The molecule has 2 aromatic rings. The molecular weight excluding hydrogens is 421 g/mol. The first-order valence-corrected chi connectivity index (χ1v) is 11.7. The largest absolute Gasteiger partial charge is 0.342 e. The highest BCUT2D eigenvalue weighted by molar-refractivity contribution is 5.98. The molecule has 0 bridgehead atoms. The maximum absolute atomic E-state index is 13.1. The molecule has 0 radical (unpaired) electrons. The SMILES string of the molecule is O=C(c1ccc(F)cc1)N1CCC(C(=O)N2CCC(N3Cc4ccccc4C3=O)CC2)CC1. The highest BCUT2D eigenvalue weighted by Gasteiger charge is 2.37. The van der Waals surface area contributed by atoms with Gasteiger partial charge in [0.25, 0.3) is 11.8 Å². The van der Waals surface area contributed by atoms with Crippen molar-refractivity contribution in [1.82, 2.24) is 14.7 Å². The van der Waals surface area contributed by atoms with E-state index in [1.165, 1.54) is 24.3 Å². The molecule has 2 aromatic carbocycles. The number of rotatable bonds is 3. The molecule has 5 rings (SSSR count). The zero-order chi connectivity index (χ0) is 22.9. The van der Waals surface area contributed by atoms with Crippen molar-refractivity contribution in [1.29, 1.82) is 0 Å². The standard InChI is InChI=1S/C26H28FN3O3/c27-21-7-5-18(6-8-21)24(31)28-13-9-19(10-14-28)25(32)29-15-11-22(12-16-29)30-17-20-3-1-2-4-23(20)26(30)33/h1-8,19,22H,9-17H2. The molecule has 33 heavy (non-hydrogen) atoms. The summed E-state index contributed by atoms with van der Waals surface area (Å²) in [4.78, 5) is 44.2. The molecule has 0 spiro atoms. The topological polar surface area (TPSA) is 60.9 Å². The molecule has 0 aromatic heterocycles. The van der Waals surface area contributed by atoms with Gasteiger partial charge in [-0.3, -0.25) is 14.4 Å². The highest BCUT2D eigenvalue weighted by atomic mass is 19.1. The van der Waals surface area contributed by atoms with E-state index in [0.717, 1.165) is 24.0 Å². The first-order chi connectivity index (χ1) is 16.0. The predicted octanol–water partition coefficient (Wildman–Crippen LogP) is 3.32. The summed E-state index contributed by atoms with van der Waals surface area (Å²) in [7, 11) is 0. The van der Waals surface area contributed by atoms with Crippen LogP contribution in [0.4, 0.5) is 4.39 Å². The Balaban J connectivity index is 1.11. The number of amides is 3. The Morgan fingerprint density at radius 1 is 0.818 bits per heavy atom. The van der Waals surface area contributed by atoms with Crippen LogP contribution in [0.3, 0.4) is 0 Å². The zero-order valence-electron chi connectivity index (χ0n) is 18.6. The number of carbonyl (C=O) groups is 3. The Hall–Kier alpha value is -3.22. The Morgan fingerprint density at radius 3 is 2.12 bits per heavy atom.